The second kappa shape index (κ2) is 7.95. The zero-order valence-corrected chi connectivity index (χ0v) is 24.8. The molecule has 37 heavy (non-hydrogen) atoms. The van der Waals surface area contributed by atoms with Gasteiger partial charge in [-0.05, 0) is 96.7 Å². The van der Waals surface area contributed by atoms with Crippen molar-refractivity contribution < 1.29 is 19.4 Å². The van der Waals surface area contributed by atoms with Crippen LogP contribution in [0.3, 0.4) is 0 Å². The number of fused-ring (bicyclic) bond motifs is 7. The van der Waals surface area contributed by atoms with Gasteiger partial charge in [-0.25, -0.2) is 0 Å². The van der Waals surface area contributed by atoms with Crippen LogP contribution in [0.25, 0.3) is 0 Å². The largest absolute Gasteiger partial charge is 0.469 e. The summed E-state index contributed by atoms with van der Waals surface area (Å²) in [7, 11) is 1.51. The summed E-state index contributed by atoms with van der Waals surface area (Å²) in [4.78, 5) is 28.4. The fourth-order valence-corrected chi connectivity index (χ4v) is 12.0. The molecule has 208 valence electrons. The molecule has 9 atom stereocenters. The van der Waals surface area contributed by atoms with Crippen molar-refractivity contribution in [1.82, 2.24) is 0 Å². The van der Waals surface area contributed by atoms with Crippen LogP contribution in [0.2, 0.25) is 0 Å². The minimum atomic E-state index is -0.667. The minimum Gasteiger partial charge on any atom is -0.469 e. The molecular weight excluding hydrogens is 460 g/mol. The summed E-state index contributed by atoms with van der Waals surface area (Å²) >= 11 is 0. The molecule has 0 saturated heterocycles. The van der Waals surface area contributed by atoms with Gasteiger partial charge in [-0.15, -0.1) is 6.58 Å². The second-order valence-electron chi connectivity index (χ2n) is 16.1. The van der Waals surface area contributed by atoms with Crippen molar-refractivity contribution >= 4 is 11.8 Å². The molecule has 0 heterocycles. The minimum absolute atomic E-state index is 0.00488. The molecule has 5 rings (SSSR count). The van der Waals surface area contributed by atoms with Gasteiger partial charge in [-0.1, -0.05) is 54.5 Å². The van der Waals surface area contributed by atoms with E-state index in [1.54, 1.807) is 0 Å². The first-order valence-corrected chi connectivity index (χ1v) is 14.9. The van der Waals surface area contributed by atoms with Gasteiger partial charge >= 0.3 is 5.97 Å². The van der Waals surface area contributed by atoms with Crippen LogP contribution in [0.1, 0.15) is 113 Å². The van der Waals surface area contributed by atoms with Crippen molar-refractivity contribution in [1.29, 1.82) is 0 Å². The molecule has 5 aliphatic carbocycles. The van der Waals surface area contributed by atoms with Gasteiger partial charge in [-0.2, -0.15) is 0 Å². The number of aliphatic hydroxyl groups is 1. The number of esters is 1. The third kappa shape index (κ3) is 3.11. The predicted molar refractivity (Wildman–Crippen MR) is 147 cm³/mol. The van der Waals surface area contributed by atoms with Gasteiger partial charge in [0.05, 0.1) is 18.6 Å². The molecule has 0 aromatic heterocycles. The zero-order chi connectivity index (χ0) is 27.4. The van der Waals surface area contributed by atoms with E-state index in [9.17, 15) is 14.7 Å². The van der Waals surface area contributed by atoms with Crippen molar-refractivity contribution in [3.05, 3.63) is 12.7 Å². The maximum Gasteiger partial charge on any atom is 0.312 e. The number of rotatable bonds is 2. The van der Waals surface area contributed by atoms with Gasteiger partial charge in [0.2, 0.25) is 0 Å². The molecule has 0 bridgehead atoms. The Balaban J connectivity index is 1.67. The first-order chi connectivity index (χ1) is 17.0. The smallest absolute Gasteiger partial charge is 0.312 e. The van der Waals surface area contributed by atoms with Gasteiger partial charge in [0.25, 0.3) is 0 Å². The molecule has 4 heteroatoms. The lowest BCUT2D eigenvalue weighted by molar-refractivity contribution is -0.258. The maximum absolute atomic E-state index is 14.7. The van der Waals surface area contributed by atoms with E-state index in [4.69, 9.17) is 4.74 Å². The SMILES string of the molecule is C=C[C@@]12CC(C)(C)CC[C@]1(C(=O)OC)CC[C@]1(C)[C@@H]2C(=O)CC2[C@@]3(C)CC[C@H](O)C(C)(C)C3CC[C@]21C. The Bertz CT molecular complexity index is 1010. The lowest BCUT2D eigenvalue weighted by atomic mass is 9.28. The molecule has 0 spiro atoms. The molecule has 2 unspecified atom stereocenters. The molecule has 5 aliphatic rings. The van der Waals surface area contributed by atoms with E-state index in [-0.39, 0.29) is 45.1 Å². The Labute approximate surface area is 225 Å². The fourth-order valence-electron chi connectivity index (χ4n) is 12.0. The van der Waals surface area contributed by atoms with E-state index < -0.39 is 10.8 Å². The third-order valence-corrected chi connectivity index (χ3v) is 14.1. The normalized spacial score (nSPS) is 52.1. The van der Waals surface area contributed by atoms with Crippen LogP contribution in [0, 0.1) is 55.7 Å². The highest BCUT2D eigenvalue weighted by atomic mass is 16.5. The highest BCUT2D eigenvalue weighted by molar-refractivity contribution is 5.88. The number of Topliss-reactive ketones (excluding diaryl/α,β-unsaturated/α-hetero) is 1. The number of hydrogen-bond acceptors (Lipinski definition) is 4. The molecular formula is C33H52O4. The lowest BCUT2D eigenvalue weighted by Crippen LogP contribution is -2.72. The maximum atomic E-state index is 14.7. The number of ketones is 1. The first-order valence-electron chi connectivity index (χ1n) is 14.9. The number of methoxy groups -OCH3 is 1. The quantitative estimate of drug-likeness (QED) is 0.315. The summed E-state index contributed by atoms with van der Waals surface area (Å²) in [6.45, 7) is 20.8. The van der Waals surface area contributed by atoms with Crippen molar-refractivity contribution in [3.8, 4) is 0 Å². The molecule has 0 aromatic rings. The number of hydrogen-bond donors (Lipinski definition) is 1. The molecule has 5 fully saturated rings. The van der Waals surface area contributed by atoms with Crippen LogP contribution >= 0.6 is 0 Å². The Morgan fingerprint density at radius 2 is 1.57 bits per heavy atom. The number of aliphatic hydroxyl groups excluding tert-OH is 1. The van der Waals surface area contributed by atoms with Crippen LogP contribution in [-0.2, 0) is 14.3 Å². The predicted octanol–water partition coefficient (Wildman–Crippen LogP) is 7.14. The van der Waals surface area contributed by atoms with Crippen LogP contribution < -0.4 is 0 Å². The van der Waals surface area contributed by atoms with Crippen LogP contribution in [0.4, 0.5) is 0 Å². The molecule has 4 nitrogen and oxygen atoms in total. The number of ether oxygens (including phenoxy) is 1. The first kappa shape index (κ1) is 27.4. The summed E-state index contributed by atoms with van der Waals surface area (Å²) < 4.78 is 5.52. The van der Waals surface area contributed by atoms with E-state index in [0.717, 1.165) is 57.8 Å². The monoisotopic (exact) mass is 512 g/mol. The summed E-state index contributed by atoms with van der Waals surface area (Å²) in [5, 5.41) is 11.0. The van der Waals surface area contributed by atoms with Crippen LogP contribution in [0.5, 0.6) is 0 Å². The second-order valence-corrected chi connectivity index (χ2v) is 16.1. The van der Waals surface area contributed by atoms with E-state index in [1.165, 1.54) is 7.11 Å². The van der Waals surface area contributed by atoms with E-state index in [0.29, 0.717) is 24.0 Å². The standard InChI is InChI=1S/C33H52O4/c1-10-32-20-27(2,3)15-17-33(32,26(36)37-9)18-16-31(8)25(32)21(34)19-23-29(6)13-12-24(35)28(4,5)22(29)11-14-30(23,31)7/h10,22-25,35H,1,11-20H2,2-9H3/t22?,23?,24-,25-,29-,30+,31+,32-,33+/m0/s1. The Kier molecular flexibility index (Phi) is 5.89. The van der Waals surface area contributed by atoms with Gasteiger partial charge in [-0.3, -0.25) is 9.59 Å². The van der Waals surface area contributed by atoms with Crippen molar-refractivity contribution in [2.24, 2.45) is 55.7 Å². The fraction of sp³-hybridized carbons (Fsp3) is 0.879. The average molecular weight is 513 g/mol. The number of carbonyl (C=O) groups excluding carboxylic acids is 2. The van der Waals surface area contributed by atoms with Crippen LogP contribution in [-0.4, -0.2) is 30.1 Å². The lowest BCUT2D eigenvalue weighted by Gasteiger charge is -2.74. The topological polar surface area (TPSA) is 63.6 Å². The van der Waals surface area contributed by atoms with Crippen molar-refractivity contribution in [2.45, 2.75) is 119 Å². The average Bonchev–Trinajstić information content (AvgIpc) is 2.82. The van der Waals surface area contributed by atoms with Gasteiger partial charge in [0.1, 0.15) is 5.78 Å². The van der Waals surface area contributed by atoms with Gasteiger partial charge < -0.3 is 9.84 Å². The summed E-state index contributed by atoms with van der Waals surface area (Å²) in [5.41, 5.74) is -1.54. The molecule has 0 aromatic carbocycles. The summed E-state index contributed by atoms with van der Waals surface area (Å²) in [6, 6.07) is 0. The zero-order valence-electron chi connectivity index (χ0n) is 24.8. The summed E-state index contributed by atoms with van der Waals surface area (Å²) in [6.07, 6.45) is 10.5. The molecule has 1 N–H and O–H groups in total. The van der Waals surface area contributed by atoms with Crippen LogP contribution in [0.15, 0.2) is 12.7 Å². The van der Waals surface area contributed by atoms with Gasteiger partial charge in [0.15, 0.2) is 0 Å². The molecule has 5 saturated carbocycles. The van der Waals surface area contributed by atoms with Crippen molar-refractivity contribution in [3.63, 3.8) is 0 Å². The molecule has 0 amide bonds. The highest BCUT2D eigenvalue weighted by Crippen LogP contribution is 2.79. The molecule has 0 aliphatic heterocycles. The Morgan fingerprint density at radius 1 is 0.919 bits per heavy atom. The Hall–Kier alpha value is -1.16. The van der Waals surface area contributed by atoms with E-state index >= 15 is 0 Å². The third-order valence-electron chi connectivity index (χ3n) is 14.1. The summed E-state index contributed by atoms with van der Waals surface area (Å²) in [5.74, 6) is 0.705. The Morgan fingerprint density at radius 3 is 2.19 bits per heavy atom. The highest BCUT2D eigenvalue weighted by Gasteiger charge is 2.76. The number of carbonyl (C=O) groups is 2. The van der Waals surface area contributed by atoms with Gasteiger partial charge in [0, 0.05) is 17.8 Å². The van der Waals surface area contributed by atoms with E-state index in [1.807, 2.05) is 6.08 Å². The molecule has 0 radical (unpaired) electrons. The van der Waals surface area contributed by atoms with Crippen molar-refractivity contribution in [2.75, 3.05) is 7.11 Å². The number of allylic oxidation sites excluding steroid dienone is 1. The van der Waals surface area contributed by atoms with E-state index in [2.05, 4.69) is 55.0 Å².